The van der Waals surface area contributed by atoms with Crippen molar-refractivity contribution in [3.63, 3.8) is 0 Å². The first-order chi connectivity index (χ1) is 20.4. The summed E-state index contributed by atoms with van der Waals surface area (Å²) in [5.74, 6) is -0.804. The first-order valence-electron chi connectivity index (χ1n) is 14.0. The third-order valence-electron chi connectivity index (χ3n) is 6.77. The van der Waals surface area contributed by atoms with E-state index in [2.05, 4.69) is 21.2 Å². The summed E-state index contributed by atoms with van der Waals surface area (Å²) in [4.78, 5) is 25.8. The van der Waals surface area contributed by atoms with Crippen molar-refractivity contribution >= 4 is 54.9 Å². The maximum atomic E-state index is 12.9. The third kappa shape index (κ3) is 9.04. The van der Waals surface area contributed by atoms with Gasteiger partial charge in [-0.3, -0.25) is 0 Å². The van der Waals surface area contributed by atoms with E-state index in [4.69, 9.17) is 14.2 Å². The Balaban J connectivity index is 1.41. The van der Waals surface area contributed by atoms with E-state index in [9.17, 15) is 18.0 Å². The molecule has 1 aliphatic rings. The molecule has 0 amide bonds. The van der Waals surface area contributed by atoms with Crippen molar-refractivity contribution in [2.75, 3.05) is 37.9 Å². The maximum Gasteiger partial charge on any atom is 0.351 e. The van der Waals surface area contributed by atoms with Gasteiger partial charge in [0.2, 0.25) is 10.0 Å². The van der Waals surface area contributed by atoms with Crippen LogP contribution in [0.3, 0.4) is 0 Å². The number of rotatable bonds is 11. The highest BCUT2D eigenvalue weighted by Crippen LogP contribution is 2.46. The minimum atomic E-state index is -3.33. The van der Waals surface area contributed by atoms with Gasteiger partial charge in [0.15, 0.2) is 17.2 Å². The summed E-state index contributed by atoms with van der Waals surface area (Å²) in [7, 11) is -2.04. The van der Waals surface area contributed by atoms with Gasteiger partial charge >= 0.3 is 11.9 Å². The van der Waals surface area contributed by atoms with E-state index in [1.165, 1.54) is 18.4 Å². The van der Waals surface area contributed by atoms with Gasteiger partial charge in [-0.1, -0.05) is 42.5 Å². The Hall–Kier alpha value is -2.93. The Morgan fingerprint density at radius 1 is 1.07 bits per heavy atom. The summed E-state index contributed by atoms with van der Waals surface area (Å²) in [6.07, 6.45) is 1.87. The van der Waals surface area contributed by atoms with Gasteiger partial charge < -0.3 is 19.5 Å². The lowest BCUT2D eigenvalue weighted by molar-refractivity contribution is -0.157. The average molecular weight is 694 g/mol. The molecule has 9 nitrogen and oxygen atoms in total. The SMILES string of the molecule is COC(=O)c1sc(-c2cccc(NC3CCN(S(=O)(=O)CCc4ccccc4)CC3)c2)c(Br)c1OCC(=O)OC(C)(C)C. The minimum Gasteiger partial charge on any atom is -0.479 e. The van der Waals surface area contributed by atoms with Crippen molar-refractivity contribution in [1.29, 1.82) is 0 Å². The van der Waals surface area contributed by atoms with Crippen LogP contribution < -0.4 is 10.1 Å². The van der Waals surface area contributed by atoms with E-state index in [0.29, 0.717) is 36.8 Å². The molecule has 1 saturated heterocycles. The van der Waals surface area contributed by atoms with Gasteiger partial charge in [-0.25, -0.2) is 22.3 Å². The lowest BCUT2D eigenvalue weighted by Gasteiger charge is -2.32. The molecule has 1 aromatic heterocycles. The first-order valence-corrected chi connectivity index (χ1v) is 17.2. The molecule has 232 valence electrons. The Kier molecular flexibility index (Phi) is 10.9. The number of carbonyl (C=O) groups excluding carboxylic acids is 2. The number of halogens is 1. The Morgan fingerprint density at radius 2 is 1.77 bits per heavy atom. The molecule has 2 aromatic carbocycles. The van der Waals surface area contributed by atoms with E-state index in [1.54, 1.807) is 25.1 Å². The monoisotopic (exact) mass is 692 g/mol. The molecule has 3 aromatic rings. The van der Waals surface area contributed by atoms with E-state index >= 15 is 0 Å². The number of benzene rings is 2. The summed E-state index contributed by atoms with van der Waals surface area (Å²) < 4.78 is 44.0. The standard InChI is InChI=1S/C31H37BrN2O7S2/c1-31(2,3)41-25(35)20-40-27-26(32)28(42-29(27)30(36)39-4)22-11-8-12-24(19-22)33-23-13-16-34(17-14-23)43(37,38)18-15-21-9-6-5-7-10-21/h5-12,19,23,33H,13-18,20H2,1-4H3. The second-order valence-electron chi connectivity index (χ2n) is 11.2. The quantitative estimate of drug-likeness (QED) is 0.239. The highest BCUT2D eigenvalue weighted by atomic mass is 79.9. The van der Waals surface area contributed by atoms with Crippen molar-refractivity contribution in [3.05, 3.63) is 69.5 Å². The van der Waals surface area contributed by atoms with Gasteiger partial charge in [-0.15, -0.1) is 11.3 Å². The second-order valence-corrected chi connectivity index (χ2v) is 15.1. The van der Waals surface area contributed by atoms with Crippen LogP contribution in [0.4, 0.5) is 5.69 Å². The van der Waals surface area contributed by atoms with Crippen LogP contribution in [0.25, 0.3) is 10.4 Å². The van der Waals surface area contributed by atoms with Crippen LogP contribution >= 0.6 is 27.3 Å². The van der Waals surface area contributed by atoms with Crippen LogP contribution in [0, 0.1) is 0 Å². The number of nitrogens with zero attached hydrogens (tertiary/aromatic N) is 1. The van der Waals surface area contributed by atoms with Crippen molar-refractivity contribution in [2.45, 2.75) is 51.7 Å². The highest BCUT2D eigenvalue weighted by Gasteiger charge is 2.29. The number of piperidine rings is 1. The Bertz CT molecular complexity index is 1530. The molecule has 0 radical (unpaired) electrons. The molecule has 0 saturated carbocycles. The molecular formula is C31H37BrN2O7S2. The molecule has 43 heavy (non-hydrogen) atoms. The fraction of sp³-hybridized carbons (Fsp3) is 0.419. The van der Waals surface area contributed by atoms with Crippen molar-refractivity contribution in [2.24, 2.45) is 0 Å². The summed E-state index contributed by atoms with van der Waals surface area (Å²) in [5, 5.41) is 3.54. The van der Waals surface area contributed by atoms with Gasteiger partial charge in [0.25, 0.3) is 0 Å². The smallest absolute Gasteiger partial charge is 0.351 e. The first kappa shape index (κ1) is 33.0. The number of hydrogen-bond acceptors (Lipinski definition) is 9. The van der Waals surface area contributed by atoms with Crippen LogP contribution in [0.15, 0.2) is 59.1 Å². The Morgan fingerprint density at radius 3 is 2.42 bits per heavy atom. The number of aryl methyl sites for hydroxylation is 1. The number of anilines is 1. The molecule has 2 heterocycles. The van der Waals surface area contributed by atoms with Crippen LogP contribution in [-0.4, -0.2) is 68.9 Å². The van der Waals surface area contributed by atoms with Gasteiger partial charge in [0, 0.05) is 24.8 Å². The summed E-state index contributed by atoms with van der Waals surface area (Å²) in [5.41, 5.74) is 2.06. The number of ether oxygens (including phenoxy) is 3. The second kappa shape index (κ2) is 14.2. The van der Waals surface area contributed by atoms with Crippen molar-refractivity contribution in [1.82, 2.24) is 4.31 Å². The number of nitrogens with one attached hydrogen (secondary N) is 1. The largest absolute Gasteiger partial charge is 0.479 e. The summed E-state index contributed by atoms with van der Waals surface area (Å²) >= 11 is 4.76. The molecule has 1 N–H and O–H groups in total. The van der Waals surface area contributed by atoms with Gasteiger partial charge in [-0.05, 0) is 79.2 Å². The number of sulfonamides is 1. The maximum absolute atomic E-state index is 12.9. The zero-order valence-corrected chi connectivity index (χ0v) is 27.9. The number of thiophene rings is 1. The van der Waals surface area contributed by atoms with Crippen molar-refractivity contribution in [3.8, 4) is 16.2 Å². The van der Waals surface area contributed by atoms with E-state index < -0.39 is 27.6 Å². The lowest BCUT2D eigenvalue weighted by Crippen LogP contribution is -2.43. The molecule has 0 unspecified atom stereocenters. The minimum absolute atomic E-state index is 0.101. The van der Waals surface area contributed by atoms with Gasteiger partial charge in [-0.2, -0.15) is 0 Å². The normalized spacial score (nSPS) is 14.7. The zero-order valence-electron chi connectivity index (χ0n) is 24.7. The topological polar surface area (TPSA) is 111 Å². The van der Waals surface area contributed by atoms with Crippen LogP contribution in [0.2, 0.25) is 0 Å². The predicted molar refractivity (Wildman–Crippen MR) is 172 cm³/mol. The van der Waals surface area contributed by atoms with E-state index in [0.717, 1.165) is 21.7 Å². The summed E-state index contributed by atoms with van der Waals surface area (Å²) in [6, 6.07) is 17.5. The molecule has 12 heteroatoms. The molecular weight excluding hydrogens is 656 g/mol. The molecule has 1 aliphatic heterocycles. The fourth-order valence-corrected chi connectivity index (χ4v) is 8.21. The number of carbonyl (C=O) groups is 2. The molecule has 4 rings (SSSR count). The van der Waals surface area contributed by atoms with Gasteiger partial charge in [0.1, 0.15) is 5.60 Å². The zero-order chi connectivity index (χ0) is 31.2. The molecule has 0 bridgehead atoms. The van der Waals surface area contributed by atoms with Gasteiger partial charge in [0.05, 0.1) is 22.2 Å². The molecule has 0 atom stereocenters. The van der Waals surface area contributed by atoms with Crippen LogP contribution in [-0.2, 0) is 30.7 Å². The van der Waals surface area contributed by atoms with Crippen LogP contribution in [0.5, 0.6) is 5.75 Å². The molecule has 0 aliphatic carbocycles. The third-order valence-corrected chi connectivity index (χ3v) is 10.9. The summed E-state index contributed by atoms with van der Waals surface area (Å²) in [6.45, 7) is 5.87. The average Bonchev–Trinajstić information content (AvgIpc) is 3.30. The highest BCUT2D eigenvalue weighted by molar-refractivity contribution is 9.10. The molecule has 0 spiro atoms. The number of hydrogen-bond donors (Lipinski definition) is 1. The Labute approximate surface area is 265 Å². The van der Waals surface area contributed by atoms with E-state index in [1.807, 2.05) is 54.6 Å². The van der Waals surface area contributed by atoms with Crippen molar-refractivity contribution < 1.29 is 32.2 Å². The predicted octanol–water partition coefficient (Wildman–Crippen LogP) is 6.13. The lowest BCUT2D eigenvalue weighted by atomic mass is 10.1. The molecule has 1 fully saturated rings. The van der Waals surface area contributed by atoms with E-state index in [-0.39, 0.29) is 29.0 Å². The number of methoxy groups -OCH3 is 1. The number of esters is 2. The van der Waals surface area contributed by atoms with Crippen LogP contribution in [0.1, 0.15) is 48.8 Å². The fourth-order valence-electron chi connectivity index (χ4n) is 4.72.